The number of likely N-dealkylation sites (N-methyl/N-ethyl adjacent to an activating group) is 1. The highest BCUT2D eigenvalue weighted by molar-refractivity contribution is 5.78. The molecule has 2 atom stereocenters. The van der Waals surface area contributed by atoms with Crippen molar-refractivity contribution in [3.8, 4) is 0 Å². The fourth-order valence-electron chi connectivity index (χ4n) is 4.24. The molecule has 118 valence electrons. The molecule has 1 heterocycles. The number of hydrogen-bond acceptors (Lipinski definition) is 3. The summed E-state index contributed by atoms with van der Waals surface area (Å²) in [6.45, 7) is 4.22. The third-order valence-electron chi connectivity index (χ3n) is 5.83. The van der Waals surface area contributed by atoms with Gasteiger partial charge in [-0.15, -0.1) is 0 Å². The first-order valence-electron chi connectivity index (χ1n) is 8.47. The zero-order valence-corrected chi connectivity index (χ0v) is 13.3. The summed E-state index contributed by atoms with van der Waals surface area (Å²) in [5, 5.41) is 3.53. The average molecular weight is 299 g/mol. The number of hydrogen-bond donors (Lipinski definition) is 1. The number of fused-ring (bicyclic) bond motifs is 2. The standard InChI is InChI=1S/C18H25N3O/c1-20-8-10-21(11-9-20)17(22)13-19-16-12-18(16)7-6-14-4-2-3-5-15(14)18/h2-5,16,19H,6-13H2,1H3/t16-,18+/m1/s1. The van der Waals surface area contributed by atoms with Gasteiger partial charge < -0.3 is 15.1 Å². The van der Waals surface area contributed by atoms with Gasteiger partial charge in [-0.25, -0.2) is 0 Å². The van der Waals surface area contributed by atoms with Crippen LogP contribution in [-0.4, -0.2) is 61.5 Å². The molecule has 1 aromatic rings. The molecular weight excluding hydrogens is 274 g/mol. The number of nitrogens with one attached hydrogen (secondary N) is 1. The predicted octanol–water partition coefficient (Wildman–Crippen LogP) is 1.01. The number of carbonyl (C=O) groups excluding carboxylic acids is 1. The van der Waals surface area contributed by atoms with Crippen molar-refractivity contribution in [2.75, 3.05) is 39.8 Å². The number of nitrogens with zero attached hydrogens (tertiary/aromatic N) is 2. The highest BCUT2D eigenvalue weighted by Gasteiger charge is 2.57. The minimum atomic E-state index is 0.265. The van der Waals surface area contributed by atoms with Crippen molar-refractivity contribution in [3.63, 3.8) is 0 Å². The van der Waals surface area contributed by atoms with Crippen LogP contribution in [0.25, 0.3) is 0 Å². The van der Waals surface area contributed by atoms with E-state index in [0.717, 1.165) is 26.2 Å². The van der Waals surface area contributed by atoms with Crippen LogP contribution in [0.5, 0.6) is 0 Å². The molecule has 0 radical (unpaired) electrons. The lowest BCUT2D eigenvalue weighted by atomic mass is 9.97. The maximum Gasteiger partial charge on any atom is 0.236 e. The molecule has 1 aliphatic heterocycles. The SMILES string of the molecule is CN1CCN(C(=O)CN[C@@H]2C[C@]23CCc2ccccc23)CC1. The van der Waals surface area contributed by atoms with Crippen LogP contribution < -0.4 is 5.32 Å². The number of benzene rings is 1. The second-order valence-corrected chi connectivity index (χ2v) is 7.13. The van der Waals surface area contributed by atoms with Crippen molar-refractivity contribution < 1.29 is 4.79 Å². The van der Waals surface area contributed by atoms with Crippen LogP contribution in [0.3, 0.4) is 0 Å². The Morgan fingerprint density at radius 1 is 1.27 bits per heavy atom. The normalized spacial score (nSPS) is 30.6. The Kier molecular flexibility index (Phi) is 3.46. The van der Waals surface area contributed by atoms with E-state index < -0.39 is 0 Å². The van der Waals surface area contributed by atoms with Crippen LogP contribution in [0.15, 0.2) is 24.3 Å². The fraction of sp³-hybridized carbons (Fsp3) is 0.611. The predicted molar refractivity (Wildman–Crippen MR) is 86.9 cm³/mol. The van der Waals surface area contributed by atoms with Gasteiger partial charge in [0.15, 0.2) is 0 Å². The second kappa shape index (κ2) is 5.36. The third-order valence-corrected chi connectivity index (χ3v) is 5.83. The quantitative estimate of drug-likeness (QED) is 0.905. The second-order valence-electron chi connectivity index (χ2n) is 7.13. The fourth-order valence-corrected chi connectivity index (χ4v) is 4.24. The van der Waals surface area contributed by atoms with Crippen LogP contribution >= 0.6 is 0 Å². The Bertz CT molecular complexity index is 579. The molecule has 4 heteroatoms. The van der Waals surface area contributed by atoms with E-state index in [1.54, 1.807) is 0 Å². The summed E-state index contributed by atoms with van der Waals surface area (Å²) in [5.41, 5.74) is 3.37. The molecule has 1 saturated carbocycles. The zero-order chi connectivity index (χ0) is 15.2. The van der Waals surface area contributed by atoms with Crippen LogP contribution in [-0.2, 0) is 16.6 Å². The van der Waals surface area contributed by atoms with Crippen LogP contribution in [0.2, 0.25) is 0 Å². The molecule has 4 nitrogen and oxygen atoms in total. The van der Waals surface area contributed by atoms with E-state index in [4.69, 9.17) is 0 Å². The average Bonchev–Trinajstić information content (AvgIpc) is 3.13. The van der Waals surface area contributed by atoms with Crippen molar-refractivity contribution in [1.82, 2.24) is 15.1 Å². The van der Waals surface area contributed by atoms with Gasteiger partial charge in [0, 0.05) is 37.6 Å². The van der Waals surface area contributed by atoms with E-state index in [1.165, 1.54) is 30.4 Å². The summed E-state index contributed by atoms with van der Waals surface area (Å²) >= 11 is 0. The molecule has 0 bridgehead atoms. The molecule has 1 saturated heterocycles. The molecule has 0 unspecified atom stereocenters. The summed E-state index contributed by atoms with van der Waals surface area (Å²) in [6.07, 6.45) is 3.63. The van der Waals surface area contributed by atoms with Crippen LogP contribution in [0, 0.1) is 0 Å². The summed E-state index contributed by atoms with van der Waals surface area (Å²) in [5.74, 6) is 0.265. The first-order chi connectivity index (χ1) is 10.7. The van der Waals surface area contributed by atoms with Gasteiger partial charge in [-0.1, -0.05) is 24.3 Å². The van der Waals surface area contributed by atoms with Gasteiger partial charge in [0.2, 0.25) is 5.91 Å². The molecule has 1 aromatic carbocycles. The largest absolute Gasteiger partial charge is 0.339 e. The summed E-state index contributed by atoms with van der Waals surface area (Å²) < 4.78 is 0. The van der Waals surface area contributed by atoms with Gasteiger partial charge in [0.25, 0.3) is 0 Å². The summed E-state index contributed by atoms with van der Waals surface area (Å²) in [6, 6.07) is 9.32. The summed E-state index contributed by atoms with van der Waals surface area (Å²) in [4.78, 5) is 16.6. The lowest BCUT2D eigenvalue weighted by Crippen LogP contribution is -2.50. The maximum atomic E-state index is 12.3. The number of rotatable bonds is 3. The molecule has 1 amide bonds. The van der Waals surface area contributed by atoms with Gasteiger partial charge in [0.1, 0.15) is 0 Å². The Morgan fingerprint density at radius 2 is 2.05 bits per heavy atom. The number of piperazine rings is 1. The van der Waals surface area contributed by atoms with Crippen molar-refractivity contribution >= 4 is 5.91 Å². The minimum Gasteiger partial charge on any atom is -0.339 e. The third kappa shape index (κ3) is 2.34. The van der Waals surface area contributed by atoms with Gasteiger partial charge in [0.05, 0.1) is 6.54 Å². The van der Waals surface area contributed by atoms with Crippen molar-refractivity contribution in [1.29, 1.82) is 0 Å². The molecule has 2 aliphatic carbocycles. The number of amides is 1. The van der Waals surface area contributed by atoms with Gasteiger partial charge in [-0.2, -0.15) is 0 Å². The van der Waals surface area contributed by atoms with Crippen molar-refractivity contribution in [2.24, 2.45) is 0 Å². The van der Waals surface area contributed by atoms with Crippen LogP contribution in [0.4, 0.5) is 0 Å². The Morgan fingerprint density at radius 3 is 2.86 bits per heavy atom. The van der Waals surface area contributed by atoms with Gasteiger partial charge >= 0.3 is 0 Å². The lowest BCUT2D eigenvalue weighted by Gasteiger charge is -2.32. The van der Waals surface area contributed by atoms with E-state index in [2.05, 4.69) is 41.5 Å². The Labute approximate surface area is 132 Å². The van der Waals surface area contributed by atoms with E-state index >= 15 is 0 Å². The molecule has 1 N–H and O–H groups in total. The molecule has 0 aromatic heterocycles. The number of aryl methyl sites for hydroxylation is 1. The van der Waals surface area contributed by atoms with E-state index in [1.807, 2.05) is 4.90 Å². The number of carbonyl (C=O) groups is 1. The molecule has 4 rings (SSSR count). The first-order valence-corrected chi connectivity index (χ1v) is 8.47. The van der Waals surface area contributed by atoms with E-state index in [9.17, 15) is 4.79 Å². The van der Waals surface area contributed by atoms with Crippen molar-refractivity contribution in [2.45, 2.75) is 30.7 Å². The molecule has 1 spiro atoms. The Balaban J connectivity index is 1.32. The molecular formula is C18H25N3O. The molecule has 22 heavy (non-hydrogen) atoms. The smallest absolute Gasteiger partial charge is 0.236 e. The van der Waals surface area contributed by atoms with E-state index in [-0.39, 0.29) is 5.91 Å². The van der Waals surface area contributed by atoms with Crippen molar-refractivity contribution in [3.05, 3.63) is 35.4 Å². The highest BCUT2D eigenvalue weighted by Crippen LogP contribution is 2.56. The minimum absolute atomic E-state index is 0.265. The molecule has 3 aliphatic rings. The lowest BCUT2D eigenvalue weighted by molar-refractivity contribution is -0.131. The maximum absolute atomic E-state index is 12.3. The highest BCUT2D eigenvalue weighted by atomic mass is 16.2. The van der Waals surface area contributed by atoms with Gasteiger partial charge in [-0.3, -0.25) is 4.79 Å². The topological polar surface area (TPSA) is 35.6 Å². The first kappa shape index (κ1) is 14.2. The van der Waals surface area contributed by atoms with Crippen LogP contribution in [0.1, 0.15) is 24.0 Å². The Hall–Kier alpha value is -1.39. The molecule has 2 fully saturated rings. The zero-order valence-electron chi connectivity index (χ0n) is 13.3. The summed E-state index contributed by atoms with van der Waals surface area (Å²) in [7, 11) is 2.12. The van der Waals surface area contributed by atoms with Gasteiger partial charge in [-0.05, 0) is 37.4 Å². The van der Waals surface area contributed by atoms with E-state index in [0.29, 0.717) is 18.0 Å². The monoisotopic (exact) mass is 299 g/mol.